The molecule has 3 nitrogen and oxygen atoms in total. The molecule has 6 heteroatoms. The second-order valence-corrected chi connectivity index (χ2v) is 4.04. The van der Waals surface area contributed by atoms with Gasteiger partial charge >= 0.3 is 6.18 Å². The van der Waals surface area contributed by atoms with Crippen LogP contribution in [0.2, 0.25) is 0 Å². The Morgan fingerprint density at radius 1 is 1.40 bits per heavy atom. The first kappa shape index (κ1) is 8.94. The second-order valence-electron chi connectivity index (χ2n) is 4.04. The molecule has 0 aliphatic heterocycles. The summed E-state index contributed by atoms with van der Waals surface area (Å²) in [6.07, 6.45) is -3.83. The molecule has 2 aliphatic carbocycles. The average Bonchev–Trinajstić information content (AvgIpc) is 2.73. The highest BCUT2D eigenvalue weighted by molar-refractivity contribution is 6.06. The van der Waals surface area contributed by atoms with Gasteiger partial charge in [-0.3, -0.25) is 9.48 Å². The van der Waals surface area contributed by atoms with E-state index in [0.29, 0.717) is 12.1 Å². The van der Waals surface area contributed by atoms with Crippen LogP contribution in [0.25, 0.3) is 0 Å². The molecule has 2 atom stereocenters. The Balaban J connectivity index is 2.25. The maximum absolute atomic E-state index is 12.6. The van der Waals surface area contributed by atoms with E-state index in [-0.39, 0.29) is 23.2 Å². The van der Waals surface area contributed by atoms with Gasteiger partial charge < -0.3 is 0 Å². The third kappa shape index (κ3) is 0.965. The van der Waals surface area contributed by atoms with Gasteiger partial charge in [-0.15, -0.1) is 0 Å². The summed E-state index contributed by atoms with van der Waals surface area (Å²) in [4.78, 5) is 11.6. The average molecular weight is 216 g/mol. The molecule has 2 unspecified atom stereocenters. The van der Waals surface area contributed by atoms with Crippen molar-refractivity contribution in [2.75, 3.05) is 0 Å². The number of carbonyl (C=O) groups excluding carboxylic acids is 1. The molecule has 0 N–H and O–H groups in total. The zero-order chi connectivity index (χ0) is 11.0. The van der Waals surface area contributed by atoms with Crippen LogP contribution < -0.4 is 0 Å². The number of aryl methyl sites for hydroxylation is 1. The molecule has 0 radical (unpaired) electrons. The summed E-state index contributed by atoms with van der Waals surface area (Å²) in [6.45, 7) is 0. The topological polar surface area (TPSA) is 34.9 Å². The number of halogens is 3. The maximum Gasteiger partial charge on any atom is 0.433 e. The van der Waals surface area contributed by atoms with Crippen LogP contribution in [0.4, 0.5) is 13.2 Å². The van der Waals surface area contributed by atoms with E-state index in [0.717, 1.165) is 4.68 Å². The number of rotatable bonds is 0. The fourth-order valence-electron chi connectivity index (χ4n) is 2.34. The first-order valence-corrected chi connectivity index (χ1v) is 4.59. The van der Waals surface area contributed by atoms with E-state index >= 15 is 0 Å². The number of aromatic nitrogens is 2. The van der Waals surface area contributed by atoms with E-state index in [9.17, 15) is 18.0 Å². The Morgan fingerprint density at radius 2 is 2.07 bits per heavy atom. The molecule has 0 amide bonds. The van der Waals surface area contributed by atoms with Crippen molar-refractivity contribution in [2.24, 2.45) is 13.0 Å². The number of Topliss-reactive ketones (excluding diaryl/α,β-unsaturated/α-hetero) is 1. The fourth-order valence-corrected chi connectivity index (χ4v) is 2.34. The largest absolute Gasteiger partial charge is 0.433 e. The zero-order valence-electron chi connectivity index (χ0n) is 7.80. The van der Waals surface area contributed by atoms with Gasteiger partial charge in [0.25, 0.3) is 0 Å². The summed E-state index contributed by atoms with van der Waals surface area (Å²) in [7, 11) is 1.23. The molecule has 0 bridgehead atoms. The van der Waals surface area contributed by atoms with Gasteiger partial charge in [-0.25, -0.2) is 0 Å². The van der Waals surface area contributed by atoms with Gasteiger partial charge in [-0.05, 0) is 6.42 Å². The highest BCUT2D eigenvalue weighted by atomic mass is 19.4. The molecule has 1 heterocycles. The Bertz CT molecular complexity index is 474. The molecule has 80 valence electrons. The summed E-state index contributed by atoms with van der Waals surface area (Å²) in [6, 6.07) is 0. The van der Waals surface area contributed by atoms with Crippen LogP contribution in [-0.4, -0.2) is 15.6 Å². The number of nitrogens with zero attached hydrogens (tertiary/aromatic N) is 2. The zero-order valence-corrected chi connectivity index (χ0v) is 7.80. The molecule has 0 spiro atoms. The van der Waals surface area contributed by atoms with Gasteiger partial charge in [0, 0.05) is 18.9 Å². The highest BCUT2D eigenvalue weighted by Crippen LogP contribution is 2.57. The Labute approximate surface area is 82.9 Å². The van der Waals surface area contributed by atoms with Crippen LogP contribution in [-0.2, 0) is 13.2 Å². The minimum Gasteiger partial charge on any atom is -0.294 e. The molecular formula is C9H7F3N2O. The number of hydrogen-bond acceptors (Lipinski definition) is 2. The van der Waals surface area contributed by atoms with E-state index in [1.807, 2.05) is 0 Å². The van der Waals surface area contributed by atoms with Crippen LogP contribution in [0.5, 0.6) is 0 Å². The molecule has 0 saturated heterocycles. The maximum atomic E-state index is 12.6. The molecule has 15 heavy (non-hydrogen) atoms. The quantitative estimate of drug-likeness (QED) is 0.662. The summed E-state index contributed by atoms with van der Waals surface area (Å²) >= 11 is 0. The van der Waals surface area contributed by atoms with Gasteiger partial charge in [0.15, 0.2) is 11.5 Å². The van der Waals surface area contributed by atoms with Crippen molar-refractivity contribution in [3.63, 3.8) is 0 Å². The molecule has 0 aromatic carbocycles. The summed E-state index contributed by atoms with van der Waals surface area (Å²) in [5.41, 5.74) is -0.735. The van der Waals surface area contributed by atoms with Crippen molar-refractivity contribution in [1.29, 1.82) is 0 Å². The normalized spacial score (nSPS) is 27.9. The van der Waals surface area contributed by atoms with Crippen LogP contribution in [0, 0.1) is 5.92 Å². The van der Waals surface area contributed by atoms with Gasteiger partial charge in [0.05, 0.1) is 11.3 Å². The van der Waals surface area contributed by atoms with Gasteiger partial charge in [-0.2, -0.15) is 18.3 Å². The SMILES string of the molecule is Cn1nc2c(c1C(F)(F)F)C(=O)C1CC21. The van der Waals surface area contributed by atoms with Gasteiger partial charge in [0.1, 0.15) is 0 Å². The number of fused-ring (bicyclic) bond motifs is 3. The van der Waals surface area contributed by atoms with Crippen LogP contribution in [0.3, 0.4) is 0 Å². The number of alkyl halides is 3. The third-order valence-electron chi connectivity index (χ3n) is 3.07. The van der Waals surface area contributed by atoms with E-state index < -0.39 is 11.9 Å². The van der Waals surface area contributed by atoms with Crippen LogP contribution >= 0.6 is 0 Å². The molecule has 1 aromatic rings. The number of ketones is 1. The van der Waals surface area contributed by atoms with Crippen molar-refractivity contribution in [3.05, 3.63) is 17.0 Å². The standard InChI is InChI=1S/C9H7F3N2O/c1-14-8(9(10,11)12)5-6(13-14)3-2-4(3)7(5)15/h3-4H,2H2,1H3. The third-order valence-corrected chi connectivity index (χ3v) is 3.07. The number of hydrogen-bond donors (Lipinski definition) is 0. The van der Waals surface area contributed by atoms with E-state index in [4.69, 9.17) is 0 Å². The fraction of sp³-hybridized carbons (Fsp3) is 0.556. The van der Waals surface area contributed by atoms with Crippen molar-refractivity contribution in [2.45, 2.75) is 18.5 Å². The first-order valence-electron chi connectivity index (χ1n) is 4.59. The van der Waals surface area contributed by atoms with Crippen LogP contribution in [0.1, 0.15) is 34.1 Å². The lowest BCUT2D eigenvalue weighted by molar-refractivity contribution is -0.144. The van der Waals surface area contributed by atoms with Crippen molar-refractivity contribution < 1.29 is 18.0 Å². The minimum absolute atomic E-state index is 0.0465. The highest BCUT2D eigenvalue weighted by Gasteiger charge is 2.57. The molecule has 1 aromatic heterocycles. The van der Waals surface area contributed by atoms with Crippen molar-refractivity contribution in [1.82, 2.24) is 9.78 Å². The molecule has 1 fully saturated rings. The van der Waals surface area contributed by atoms with E-state index in [1.165, 1.54) is 7.05 Å². The second kappa shape index (κ2) is 2.25. The lowest BCUT2D eigenvalue weighted by Gasteiger charge is -2.08. The summed E-state index contributed by atoms with van der Waals surface area (Å²) in [5.74, 6) is -0.643. The molecular weight excluding hydrogens is 209 g/mol. The van der Waals surface area contributed by atoms with Crippen molar-refractivity contribution in [3.8, 4) is 0 Å². The smallest absolute Gasteiger partial charge is 0.294 e. The predicted molar refractivity (Wildman–Crippen MR) is 43.4 cm³/mol. The molecule has 1 saturated carbocycles. The van der Waals surface area contributed by atoms with E-state index in [2.05, 4.69) is 5.10 Å². The van der Waals surface area contributed by atoms with Crippen molar-refractivity contribution >= 4 is 5.78 Å². The number of carbonyl (C=O) groups is 1. The molecule has 3 rings (SSSR count). The Kier molecular flexibility index (Phi) is 1.34. The summed E-state index contributed by atoms with van der Waals surface area (Å²) < 4.78 is 38.7. The summed E-state index contributed by atoms with van der Waals surface area (Å²) in [5, 5.41) is 3.81. The first-order chi connectivity index (χ1) is 6.91. The van der Waals surface area contributed by atoms with Gasteiger partial charge in [0.2, 0.25) is 0 Å². The molecule has 2 aliphatic rings. The van der Waals surface area contributed by atoms with Crippen LogP contribution in [0.15, 0.2) is 0 Å². The Hall–Kier alpha value is -1.33. The predicted octanol–water partition coefficient (Wildman–Crippen LogP) is 1.74. The Morgan fingerprint density at radius 3 is 2.67 bits per heavy atom. The minimum atomic E-state index is -4.50. The van der Waals surface area contributed by atoms with E-state index in [1.54, 1.807) is 0 Å². The monoisotopic (exact) mass is 216 g/mol. The lowest BCUT2D eigenvalue weighted by Crippen LogP contribution is -2.16. The van der Waals surface area contributed by atoms with Gasteiger partial charge in [-0.1, -0.05) is 0 Å². The lowest BCUT2D eigenvalue weighted by atomic mass is 10.1.